The van der Waals surface area contributed by atoms with Gasteiger partial charge in [0.25, 0.3) is 0 Å². The van der Waals surface area contributed by atoms with Crippen molar-refractivity contribution in [2.75, 3.05) is 0 Å². The molecule has 94 valence electrons. The molecule has 0 unspecified atom stereocenters. The van der Waals surface area contributed by atoms with Gasteiger partial charge in [-0.15, -0.1) is 0 Å². The lowest BCUT2D eigenvalue weighted by atomic mass is 9.92. The largest absolute Gasteiger partial charge is 0.0616 e. The molecule has 0 aliphatic rings. The van der Waals surface area contributed by atoms with Crippen molar-refractivity contribution in [2.45, 2.75) is 13.8 Å². The smallest absolute Gasteiger partial charge is 0.0180 e. The van der Waals surface area contributed by atoms with E-state index in [0.29, 0.717) is 0 Å². The molecule has 0 fully saturated rings. The topological polar surface area (TPSA) is 0 Å². The molecule has 19 heavy (non-hydrogen) atoms. The van der Waals surface area contributed by atoms with Crippen LogP contribution >= 0.6 is 15.9 Å². The Kier molecular flexibility index (Phi) is 3.16. The van der Waals surface area contributed by atoms with E-state index in [1.807, 2.05) is 0 Å². The zero-order valence-electron chi connectivity index (χ0n) is 11.1. The summed E-state index contributed by atoms with van der Waals surface area (Å²) in [5.74, 6) is 0. The summed E-state index contributed by atoms with van der Waals surface area (Å²) in [5, 5.41) is 2.61. The molecule has 0 heterocycles. The second-order valence-electron chi connectivity index (χ2n) is 4.94. The molecule has 0 atom stereocenters. The van der Waals surface area contributed by atoms with Crippen molar-refractivity contribution in [2.24, 2.45) is 0 Å². The van der Waals surface area contributed by atoms with Crippen molar-refractivity contribution in [1.82, 2.24) is 0 Å². The first-order valence-corrected chi connectivity index (χ1v) is 7.21. The van der Waals surface area contributed by atoms with Crippen LogP contribution in [0.2, 0.25) is 0 Å². The average molecular weight is 311 g/mol. The minimum absolute atomic E-state index is 1.14. The van der Waals surface area contributed by atoms with Crippen molar-refractivity contribution < 1.29 is 0 Å². The Morgan fingerprint density at radius 3 is 2.16 bits per heavy atom. The molecule has 0 aromatic heterocycles. The third-order valence-electron chi connectivity index (χ3n) is 3.56. The van der Waals surface area contributed by atoms with E-state index in [1.165, 1.54) is 33.0 Å². The highest BCUT2D eigenvalue weighted by atomic mass is 79.9. The van der Waals surface area contributed by atoms with Crippen LogP contribution in [0.4, 0.5) is 0 Å². The standard InChI is InChI=1S/C18H15Br/c1-12-10-15(19)11-13(2)18(12)17-9-5-7-14-6-3-4-8-16(14)17/h3-11H,1-2H3. The van der Waals surface area contributed by atoms with Crippen molar-refractivity contribution in [3.05, 3.63) is 70.2 Å². The Balaban J connectivity index is 2.37. The van der Waals surface area contributed by atoms with Crippen LogP contribution in [-0.2, 0) is 0 Å². The highest BCUT2D eigenvalue weighted by Crippen LogP contribution is 2.34. The molecule has 0 spiro atoms. The maximum atomic E-state index is 3.57. The number of aryl methyl sites for hydroxylation is 2. The Morgan fingerprint density at radius 2 is 1.42 bits per heavy atom. The fourth-order valence-electron chi connectivity index (χ4n) is 2.78. The van der Waals surface area contributed by atoms with E-state index in [9.17, 15) is 0 Å². The number of hydrogen-bond donors (Lipinski definition) is 0. The van der Waals surface area contributed by atoms with Crippen molar-refractivity contribution in [3.8, 4) is 11.1 Å². The third kappa shape index (κ3) is 2.19. The van der Waals surface area contributed by atoms with Gasteiger partial charge in [-0.1, -0.05) is 58.4 Å². The summed E-state index contributed by atoms with van der Waals surface area (Å²) in [6, 6.07) is 19.5. The maximum Gasteiger partial charge on any atom is 0.0180 e. The SMILES string of the molecule is Cc1cc(Br)cc(C)c1-c1cccc2ccccc12. The Labute approximate surface area is 122 Å². The van der Waals surface area contributed by atoms with Crippen molar-refractivity contribution in [1.29, 1.82) is 0 Å². The first-order chi connectivity index (χ1) is 9.16. The first-order valence-electron chi connectivity index (χ1n) is 6.42. The number of rotatable bonds is 1. The second-order valence-corrected chi connectivity index (χ2v) is 5.86. The van der Waals surface area contributed by atoms with E-state index in [4.69, 9.17) is 0 Å². The molecule has 3 aromatic carbocycles. The average Bonchev–Trinajstić information content (AvgIpc) is 2.38. The highest BCUT2D eigenvalue weighted by molar-refractivity contribution is 9.10. The third-order valence-corrected chi connectivity index (χ3v) is 4.01. The molecular formula is C18H15Br. The summed E-state index contributed by atoms with van der Waals surface area (Å²) < 4.78 is 1.14. The zero-order valence-corrected chi connectivity index (χ0v) is 12.7. The number of hydrogen-bond acceptors (Lipinski definition) is 0. The fraction of sp³-hybridized carbons (Fsp3) is 0.111. The molecule has 0 bridgehead atoms. The predicted octanol–water partition coefficient (Wildman–Crippen LogP) is 5.89. The lowest BCUT2D eigenvalue weighted by molar-refractivity contribution is 1.37. The van der Waals surface area contributed by atoms with Gasteiger partial charge in [0, 0.05) is 4.47 Å². The van der Waals surface area contributed by atoms with Crippen LogP contribution in [0.5, 0.6) is 0 Å². The molecule has 0 saturated heterocycles. The molecule has 0 aliphatic heterocycles. The quantitative estimate of drug-likeness (QED) is 0.526. The van der Waals surface area contributed by atoms with Crippen LogP contribution in [0.1, 0.15) is 11.1 Å². The molecule has 0 radical (unpaired) electrons. The lowest BCUT2D eigenvalue weighted by Crippen LogP contribution is -1.90. The minimum atomic E-state index is 1.14. The van der Waals surface area contributed by atoms with Crippen molar-refractivity contribution in [3.63, 3.8) is 0 Å². The Hall–Kier alpha value is -1.60. The van der Waals surface area contributed by atoms with Crippen LogP contribution in [0.15, 0.2) is 59.1 Å². The van der Waals surface area contributed by atoms with E-state index in [0.717, 1.165) is 4.47 Å². The van der Waals surface area contributed by atoms with Gasteiger partial charge in [0.2, 0.25) is 0 Å². The van der Waals surface area contributed by atoms with Gasteiger partial charge >= 0.3 is 0 Å². The molecular weight excluding hydrogens is 296 g/mol. The maximum absolute atomic E-state index is 3.57. The summed E-state index contributed by atoms with van der Waals surface area (Å²) in [4.78, 5) is 0. The summed E-state index contributed by atoms with van der Waals surface area (Å²) in [6.07, 6.45) is 0. The molecule has 0 N–H and O–H groups in total. The van der Waals surface area contributed by atoms with Crippen molar-refractivity contribution >= 4 is 26.7 Å². The molecule has 3 rings (SSSR count). The zero-order chi connectivity index (χ0) is 13.4. The number of benzene rings is 3. The van der Waals surface area contributed by atoms with E-state index in [1.54, 1.807) is 0 Å². The van der Waals surface area contributed by atoms with Gasteiger partial charge in [-0.3, -0.25) is 0 Å². The van der Waals surface area contributed by atoms with Gasteiger partial charge in [-0.2, -0.15) is 0 Å². The predicted molar refractivity (Wildman–Crippen MR) is 86.6 cm³/mol. The van der Waals surface area contributed by atoms with E-state index in [2.05, 4.69) is 84.4 Å². The van der Waals surface area contributed by atoms with Gasteiger partial charge in [-0.25, -0.2) is 0 Å². The monoisotopic (exact) mass is 310 g/mol. The summed E-state index contributed by atoms with van der Waals surface area (Å²) in [7, 11) is 0. The number of fused-ring (bicyclic) bond motifs is 1. The van der Waals surface area contributed by atoms with E-state index >= 15 is 0 Å². The summed E-state index contributed by atoms with van der Waals surface area (Å²) >= 11 is 3.57. The van der Waals surface area contributed by atoms with Gasteiger partial charge < -0.3 is 0 Å². The Morgan fingerprint density at radius 1 is 0.789 bits per heavy atom. The van der Waals surface area contributed by atoms with Crippen LogP contribution < -0.4 is 0 Å². The van der Waals surface area contributed by atoms with Gasteiger partial charge in [0.05, 0.1) is 0 Å². The molecule has 0 aliphatic carbocycles. The van der Waals surface area contributed by atoms with Gasteiger partial charge in [0.15, 0.2) is 0 Å². The summed E-state index contributed by atoms with van der Waals surface area (Å²) in [6.45, 7) is 4.35. The normalized spacial score (nSPS) is 10.9. The molecule has 0 nitrogen and oxygen atoms in total. The molecule has 0 amide bonds. The van der Waals surface area contributed by atoms with E-state index < -0.39 is 0 Å². The summed E-state index contributed by atoms with van der Waals surface area (Å²) in [5.41, 5.74) is 5.28. The number of halogens is 1. The van der Waals surface area contributed by atoms with Crippen LogP contribution in [-0.4, -0.2) is 0 Å². The van der Waals surface area contributed by atoms with Crippen LogP contribution in [0.3, 0.4) is 0 Å². The molecule has 1 heteroatoms. The highest BCUT2D eigenvalue weighted by Gasteiger charge is 2.09. The van der Waals surface area contributed by atoms with Gasteiger partial charge in [-0.05, 0) is 59.0 Å². The van der Waals surface area contributed by atoms with Crippen LogP contribution in [0, 0.1) is 13.8 Å². The van der Waals surface area contributed by atoms with E-state index in [-0.39, 0.29) is 0 Å². The Bertz CT molecular complexity index is 728. The van der Waals surface area contributed by atoms with Crippen LogP contribution in [0.25, 0.3) is 21.9 Å². The molecule has 0 saturated carbocycles. The fourth-order valence-corrected chi connectivity index (χ4v) is 3.47. The minimum Gasteiger partial charge on any atom is -0.0616 e. The lowest BCUT2D eigenvalue weighted by Gasteiger charge is -2.13. The first kappa shape index (κ1) is 12.4. The van der Waals surface area contributed by atoms with Gasteiger partial charge in [0.1, 0.15) is 0 Å². The second kappa shape index (κ2) is 4.82. The molecule has 3 aromatic rings.